The molecule has 0 spiro atoms. The summed E-state index contributed by atoms with van der Waals surface area (Å²) in [5.74, 6) is 0.0383. The third-order valence-corrected chi connectivity index (χ3v) is 5.13. The minimum Gasteiger partial charge on any atom is -0.497 e. The van der Waals surface area contributed by atoms with Crippen LogP contribution in [0, 0.1) is 5.92 Å². The molecule has 0 fully saturated rings. The molecule has 148 valence electrons. The van der Waals surface area contributed by atoms with Gasteiger partial charge in [-0.2, -0.15) is 0 Å². The van der Waals surface area contributed by atoms with Crippen molar-refractivity contribution in [3.05, 3.63) is 65.2 Å². The Balaban J connectivity index is 1.83. The van der Waals surface area contributed by atoms with Gasteiger partial charge < -0.3 is 14.4 Å². The number of hydrogen-bond donors (Lipinski definition) is 0. The summed E-state index contributed by atoms with van der Waals surface area (Å²) in [6.07, 6.45) is 1.40. The number of carbonyl (C=O) groups excluding carboxylic acids is 2. The Morgan fingerprint density at radius 3 is 2.64 bits per heavy atom. The monoisotopic (exact) mass is 381 g/mol. The molecule has 28 heavy (non-hydrogen) atoms. The summed E-state index contributed by atoms with van der Waals surface area (Å²) in [5.41, 5.74) is 3.36. The van der Waals surface area contributed by atoms with Crippen LogP contribution in [-0.4, -0.2) is 37.0 Å². The number of benzene rings is 2. The normalized spacial score (nSPS) is 16.3. The third kappa shape index (κ3) is 4.91. The number of hydrogen-bond acceptors (Lipinski definition) is 4. The van der Waals surface area contributed by atoms with Gasteiger partial charge in [0.2, 0.25) is 5.91 Å². The number of rotatable bonds is 7. The number of fused-ring (bicyclic) bond motifs is 1. The van der Waals surface area contributed by atoms with Crippen LogP contribution in [0.1, 0.15) is 30.0 Å². The Hall–Kier alpha value is -2.82. The number of esters is 1. The van der Waals surface area contributed by atoms with Crippen molar-refractivity contribution in [2.75, 3.05) is 20.3 Å². The quantitative estimate of drug-likeness (QED) is 0.690. The van der Waals surface area contributed by atoms with E-state index in [-0.39, 0.29) is 18.3 Å². The first-order valence-electron chi connectivity index (χ1n) is 9.74. The highest BCUT2D eigenvalue weighted by atomic mass is 16.5. The fourth-order valence-corrected chi connectivity index (χ4v) is 3.65. The van der Waals surface area contributed by atoms with Gasteiger partial charge in [-0.15, -0.1) is 0 Å². The second-order valence-electron chi connectivity index (χ2n) is 7.04. The molecule has 3 rings (SSSR count). The van der Waals surface area contributed by atoms with Crippen molar-refractivity contribution in [3.63, 3.8) is 0 Å². The van der Waals surface area contributed by atoms with Crippen LogP contribution in [0.3, 0.4) is 0 Å². The first kappa shape index (κ1) is 19.9. The average Bonchev–Trinajstić information content (AvgIpc) is 2.83. The van der Waals surface area contributed by atoms with Crippen LogP contribution >= 0.6 is 0 Å². The lowest BCUT2D eigenvalue weighted by Crippen LogP contribution is -2.37. The second-order valence-corrected chi connectivity index (χ2v) is 7.04. The molecule has 2 aromatic rings. The van der Waals surface area contributed by atoms with Crippen LogP contribution in [0.2, 0.25) is 0 Å². The molecule has 0 saturated carbocycles. The number of ether oxygens (including phenoxy) is 2. The highest BCUT2D eigenvalue weighted by Crippen LogP contribution is 2.28. The van der Waals surface area contributed by atoms with E-state index in [1.54, 1.807) is 14.0 Å². The summed E-state index contributed by atoms with van der Waals surface area (Å²) in [6.45, 7) is 3.26. The fraction of sp³-hybridized carbons (Fsp3) is 0.391. The molecule has 1 heterocycles. The Kier molecular flexibility index (Phi) is 6.69. The maximum absolute atomic E-state index is 13.2. The van der Waals surface area contributed by atoms with Crippen LogP contribution in [0.4, 0.5) is 0 Å². The summed E-state index contributed by atoms with van der Waals surface area (Å²) < 4.78 is 10.4. The first-order chi connectivity index (χ1) is 13.6. The van der Waals surface area contributed by atoms with Crippen molar-refractivity contribution in [2.24, 2.45) is 5.92 Å². The molecule has 5 nitrogen and oxygen atoms in total. The zero-order valence-corrected chi connectivity index (χ0v) is 16.5. The van der Waals surface area contributed by atoms with Gasteiger partial charge in [-0.3, -0.25) is 9.59 Å². The Labute approximate surface area is 166 Å². The number of carbonyl (C=O) groups is 2. The summed E-state index contributed by atoms with van der Waals surface area (Å²) in [5, 5.41) is 0. The fourth-order valence-electron chi connectivity index (χ4n) is 3.65. The molecule has 0 N–H and O–H groups in total. The van der Waals surface area contributed by atoms with Gasteiger partial charge in [-0.1, -0.05) is 36.4 Å². The lowest BCUT2D eigenvalue weighted by Gasteiger charge is -2.24. The number of amides is 1. The summed E-state index contributed by atoms with van der Waals surface area (Å²) in [4.78, 5) is 27.2. The van der Waals surface area contributed by atoms with Gasteiger partial charge in [0.25, 0.3) is 0 Å². The number of nitrogens with zero attached hydrogens (tertiary/aromatic N) is 1. The SMILES string of the molecule is CCOC(=O)CC1Cc2cc(OC)ccc2CN(CCc2ccccc2)C1=O. The highest BCUT2D eigenvalue weighted by Gasteiger charge is 2.31. The van der Waals surface area contributed by atoms with E-state index in [9.17, 15) is 9.59 Å². The van der Waals surface area contributed by atoms with E-state index >= 15 is 0 Å². The van der Waals surface area contributed by atoms with E-state index in [4.69, 9.17) is 9.47 Å². The maximum atomic E-state index is 13.2. The minimum atomic E-state index is -0.414. The van der Waals surface area contributed by atoms with E-state index in [1.807, 2.05) is 41.3 Å². The van der Waals surface area contributed by atoms with Gasteiger partial charge >= 0.3 is 5.97 Å². The zero-order valence-electron chi connectivity index (χ0n) is 16.5. The molecule has 0 radical (unpaired) electrons. The van der Waals surface area contributed by atoms with Crippen LogP contribution in [0.25, 0.3) is 0 Å². The first-order valence-corrected chi connectivity index (χ1v) is 9.74. The van der Waals surface area contributed by atoms with Crippen LogP contribution < -0.4 is 4.74 Å². The molecular weight excluding hydrogens is 354 g/mol. The molecule has 1 amide bonds. The van der Waals surface area contributed by atoms with Crippen molar-refractivity contribution in [1.29, 1.82) is 0 Å². The highest BCUT2D eigenvalue weighted by molar-refractivity contribution is 5.84. The predicted octanol–water partition coefficient (Wildman–Crippen LogP) is 3.39. The van der Waals surface area contributed by atoms with Gasteiger partial charge in [-0.25, -0.2) is 0 Å². The molecular formula is C23H27NO4. The largest absolute Gasteiger partial charge is 0.497 e. The molecule has 1 unspecified atom stereocenters. The summed E-state index contributed by atoms with van der Waals surface area (Å²) in [6, 6.07) is 16.0. The average molecular weight is 381 g/mol. The molecule has 0 aromatic heterocycles. The third-order valence-electron chi connectivity index (χ3n) is 5.13. The Morgan fingerprint density at radius 1 is 1.14 bits per heavy atom. The van der Waals surface area contributed by atoms with E-state index in [1.165, 1.54) is 5.56 Å². The predicted molar refractivity (Wildman–Crippen MR) is 107 cm³/mol. The van der Waals surface area contributed by atoms with E-state index in [0.717, 1.165) is 23.3 Å². The molecule has 2 aromatic carbocycles. The summed E-state index contributed by atoms with van der Waals surface area (Å²) in [7, 11) is 1.63. The van der Waals surface area contributed by atoms with E-state index in [0.29, 0.717) is 26.1 Å². The standard InChI is InChI=1S/C23H27NO4/c1-3-28-22(25)15-20-13-19-14-21(27-2)10-9-18(19)16-24(23(20)26)12-11-17-7-5-4-6-8-17/h4-10,14,20H,3,11-13,15-16H2,1-2H3. The van der Waals surface area contributed by atoms with Crippen molar-refractivity contribution < 1.29 is 19.1 Å². The molecule has 0 saturated heterocycles. The van der Waals surface area contributed by atoms with Crippen LogP contribution in [-0.2, 0) is 33.7 Å². The van der Waals surface area contributed by atoms with E-state index in [2.05, 4.69) is 12.1 Å². The van der Waals surface area contributed by atoms with Crippen molar-refractivity contribution in [2.45, 2.75) is 32.7 Å². The maximum Gasteiger partial charge on any atom is 0.306 e. The molecule has 1 atom stereocenters. The van der Waals surface area contributed by atoms with Gasteiger partial charge in [-0.05, 0) is 48.6 Å². The van der Waals surface area contributed by atoms with Crippen molar-refractivity contribution >= 4 is 11.9 Å². The molecule has 0 bridgehead atoms. The lowest BCUT2D eigenvalue weighted by molar-refractivity contribution is -0.148. The van der Waals surface area contributed by atoms with Gasteiger partial charge in [0.1, 0.15) is 5.75 Å². The lowest BCUT2D eigenvalue weighted by atomic mass is 9.94. The Morgan fingerprint density at radius 2 is 1.93 bits per heavy atom. The molecule has 0 aliphatic carbocycles. The van der Waals surface area contributed by atoms with Crippen LogP contribution in [0.15, 0.2) is 48.5 Å². The van der Waals surface area contributed by atoms with Crippen molar-refractivity contribution in [1.82, 2.24) is 4.90 Å². The molecule has 1 aliphatic rings. The minimum absolute atomic E-state index is 0.0131. The second kappa shape index (κ2) is 9.40. The smallest absolute Gasteiger partial charge is 0.306 e. The van der Waals surface area contributed by atoms with Gasteiger partial charge in [0, 0.05) is 13.1 Å². The Bertz CT molecular complexity index is 819. The summed E-state index contributed by atoms with van der Waals surface area (Å²) >= 11 is 0. The molecule has 1 aliphatic heterocycles. The zero-order chi connectivity index (χ0) is 19.9. The molecule has 5 heteroatoms. The van der Waals surface area contributed by atoms with Crippen molar-refractivity contribution in [3.8, 4) is 5.75 Å². The van der Waals surface area contributed by atoms with Gasteiger partial charge in [0.15, 0.2) is 0 Å². The number of methoxy groups -OCH3 is 1. The van der Waals surface area contributed by atoms with Gasteiger partial charge in [0.05, 0.1) is 26.1 Å². The van der Waals surface area contributed by atoms with E-state index < -0.39 is 5.92 Å². The topological polar surface area (TPSA) is 55.8 Å². The van der Waals surface area contributed by atoms with Crippen LogP contribution in [0.5, 0.6) is 5.75 Å².